The van der Waals surface area contributed by atoms with E-state index in [0.29, 0.717) is 17.9 Å². The third-order valence-electron chi connectivity index (χ3n) is 2.23. The first-order valence-corrected chi connectivity index (χ1v) is 4.93. The number of aromatic nitrogens is 1. The lowest BCUT2D eigenvalue weighted by molar-refractivity contribution is 0.102. The van der Waals surface area contributed by atoms with Crippen molar-refractivity contribution in [1.29, 1.82) is 0 Å². The Morgan fingerprint density at radius 1 is 1.60 bits per heavy atom. The van der Waals surface area contributed by atoms with Crippen LogP contribution >= 0.6 is 0 Å². The molecule has 1 aromatic rings. The minimum Gasteiger partial charge on any atom is -0.494 e. The molecule has 0 aliphatic carbocycles. The second kappa shape index (κ2) is 5.29. The standard InChI is InChI=1S/C12H15NO2/c1-4-9(5-2)12(14)11-10(15-3)7-6-8-13-11/h4,6-8H,5H2,1-3H3/b9-4-. The fraction of sp³-hybridized carbons (Fsp3) is 0.333. The number of allylic oxidation sites excluding steroid dienone is 2. The maximum absolute atomic E-state index is 12.0. The number of Topliss-reactive ketones (excluding diaryl/α,β-unsaturated/α-hetero) is 1. The summed E-state index contributed by atoms with van der Waals surface area (Å²) in [7, 11) is 1.54. The number of pyridine rings is 1. The lowest BCUT2D eigenvalue weighted by atomic mass is 10.1. The molecule has 0 N–H and O–H groups in total. The summed E-state index contributed by atoms with van der Waals surface area (Å²) in [5.41, 5.74) is 1.14. The van der Waals surface area contributed by atoms with Crippen molar-refractivity contribution in [1.82, 2.24) is 4.98 Å². The highest BCUT2D eigenvalue weighted by atomic mass is 16.5. The largest absolute Gasteiger partial charge is 0.494 e. The number of nitrogens with zero attached hydrogens (tertiary/aromatic N) is 1. The van der Waals surface area contributed by atoms with Gasteiger partial charge in [-0.3, -0.25) is 4.79 Å². The van der Waals surface area contributed by atoms with Gasteiger partial charge in [0.1, 0.15) is 5.75 Å². The average Bonchev–Trinajstić information content (AvgIpc) is 2.30. The Morgan fingerprint density at radius 3 is 2.87 bits per heavy atom. The van der Waals surface area contributed by atoms with Crippen molar-refractivity contribution in [3.63, 3.8) is 0 Å². The van der Waals surface area contributed by atoms with E-state index in [1.165, 1.54) is 7.11 Å². The number of rotatable bonds is 4. The van der Waals surface area contributed by atoms with Crippen LogP contribution in [0.4, 0.5) is 0 Å². The topological polar surface area (TPSA) is 39.2 Å². The van der Waals surface area contributed by atoms with Crippen molar-refractivity contribution >= 4 is 5.78 Å². The van der Waals surface area contributed by atoms with Crippen LogP contribution in [-0.2, 0) is 0 Å². The van der Waals surface area contributed by atoms with Crippen LogP contribution < -0.4 is 4.74 Å². The quantitative estimate of drug-likeness (QED) is 0.560. The van der Waals surface area contributed by atoms with Gasteiger partial charge < -0.3 is 4.74 Å². The molecule has 1 heterocycles. The molecule has 0 amide bonds. The molecule has 0 unspecified atom stereocenters. The molecule has 0 aromatic carbocycles. The molecule has 3 heteroatoms. The van der Waals surface area contributed by atoms with Crippen LogP contribution in [0.15, 0.2) is 30.0 Å². The second-order valence-corrected chi connectivity index (χ2v) is 3.05. The number of ketones is 1. The first kappa shape index (κ1) is 11.4. The van der Waals surface area contributed by atoms with Gasteiger partial charge in [0, 0.05) is 6.20 Å². The molecule has 0 spiro atoms. The molecule has 80 valence electrons. The molecule has 0 saturated heterocycles. The second-order valence-electron chi connectivity index (χ2n) is 3.05. The molecule has 0 aliphatic rings. The van der Waals surface area contributed by atoms with Gasteiger partial charge in [0.2, 0.25) is 5.78 Å². The zero-order chi connectivity index (χ0) is 11.3. The van der Waals surface area contributed by atoms with Gasteiger partial charge in [0.25, 0.3) is 0 Å². The van der Waals surface area contributed by atoms with Gasteiger partial charge in [-0.25, -0.2) is 4.98 Å². The Hall–Kier alpha value is -1.64. The Bertz CT molecular complexity index is 383. The summed E-state index contributed by atoms with van der Waals surface area (Å²) in [6.07, 6.45) is 4.12. The number of carbonyl (C=O) groups is 1. The third kappa shape index (κ3) is 2.43. The van der Waals surface area contributed by atoms with Crippen molar-refractivity contribution < 1.29 is 9.53 Å². The summed E-state index contributed by atoms with van der Waals surface area (Å²) < 4.78 is 5.10. The molecule has 0 fully saturated rings. The first-order valence-electron chi connectivity index (χ1n) is 4.93. The molecule has 0 bridgehead atoms. The highest BCUT2D eigenvalue weighted by Gasteiger charge is 2.15. The Balaban J connectivity index is 3.10. The number of hydrogen-bond acceptors (Lipinski definition) is 3. The van der Waals surface area contributed by atoms with E-state index in [1.54, 1.807) is 18.3 Å². The van der Waals surface area contributed by atoms with Crippen LogP contribution in [-0.4, -0.2) is 17.9 Å². The number of carbonyl (C=O) groups excluding carboxylic acids is 1. The summed E-state index contributed by atoms with van der Waals surface area (Å²) in [5, 5.41) is 0. The molecule has 0 saturated carbocycles. The molecule has 1 aromatic heterocycles. The van der Waals surface area contributed by atoms with Crippen molar-refractivity contribution in [2.24, 2.45) is 0 Å². The van der Waals surface area contributed by atoms with Gasteiger partial charge in [0.15, 0.2) is 5.69 Å². The maximum Gasteiger partial charge on any atom is 0.210 e. The number of hydrogen-bond donors (Lipinski definition) is 0. The fourth-order valence-electron chi connectivity index (χ4n) is 1.37. The zero-order valence-corrected chi connectivity index (χ0v) is 9.28. The van der Waals surface area contributed by atoms with E-state index in [4.69, 9.17) is 4.74 Å². The van der Waals surface area contributed by atoms with Crippen LogP contribution in [0.5, 0.6) is 5.75 Å². The molecule has 1 rings (SSSR count). The molecular weight excluding hydrogens is 190 g/mol. The van der Waals surface area contributed by atoms with Gasteiger partial charge in [-0.1, -0.05) is 13.0 Å². The summed E-state index contributed by atoms with van der Waals surface area (Å²) in [6, 6.07) is 3.49. The molecule has 3 nitrogen and oxygen atoms in total. The highest BCUT2D eigenvalue weighted by Crippen LogP contribution is 2.19. The molecule has 0 atom stereocenters. The van der Waals surface area contributed by atoms with Crippen LogP contribution in [0, 0.1) is 0 Å². The molecule has 15 heavy (non-hydrogen) atoms. The van der Waals surface area contributed by atoms with E-state index in [-0.39, 0.29) is 5.78 Å². The molecule has 0 aliphatic heterocycles. The van der Waals surface area contributed by atoms with Crippen LogP contribution in [0.3, 0.4) is 0 Å². The zero-order valence-electron chi connectivity index (χ0n) is 9.28. The lowest BCUT2D eigenvalue weighted by Gasteiger charge is -2.07. The normalized spacial score (nSPS) is 11.3. The van der Waals surface area contributed by atoms with Crippen molar-refractivity contribution in [3.05, 3.63) is 35.7 Å². The predicted octanol–water partition coefficient (Wildman–Crippen LogP) is 2.63. The molecule has 0 radical (unpaired) electrons. The fourth-order valence-corrected chi connectivity index (χ4v) is 1.37. The van der Waals surface area contributed by atoms with Crippen LogP contribution in [0.2, 0.25) is 0 Å². The Labute approximate surface area is 89.8 Å². The minimum absolute atomic E-state index is 0.0579. The van der Waals surface area contributed by atoms with Crippen LogP contribution in [0.25, 0.3) is 0 Å². The summed E-state index contributed by atoms with van der Waals surface area (Å²) in [4.78, 5) is 16.0. The van der Waals surface area contributed by atoms with Crippen molar-refractivity contribution in [3.8, 4) is 5.75 Å². The number of methoxy groups -OCH3 is 1. The van der Waals surface area contributed by atoms with Gasteiger partial charge in [0.05, 0.1) is 7.11 Å². The van der Waals surface area contributed by atoms with Crippen molar-refractivity contribution in [2.45, 2.75) is 20.3 Å². The van der Waals surface area contributed by atoms with E-state index in [0.717, 1.165) is 5.57 Å². The van der Waals surface area contributed by atoms with Gasteiger partial charge in [-0.2, -0.15) is 0 Å². The van der Waals surface area contributed by atoms with E-state index >= 15 is 0 Å². The Kier molecular flexibility index (Phi) is 4.03. The van der Waals surface area contributed by atoms with Crippen LogP contribution in [0.1, 0.15) is 30.8 Å². The molecular formula is C12H15NO2. The Morgan fingerprint density at radius 2 is 2.33 bits per heavy atom. The highest BCUT2D eigenvalue weighted by molar-refractivity contribution is 6.08. The van der Waals surface area contributed by atoms with Gasteiger partial charge in [-0.15, -0.1) is 0 Å². The van der Waals surface area contributed by atoms with Gasteiger partial charge in [-0.05, 0) is 31.1 Å². The SMILES string of the molecule is C/C=C(/CC)C(=O)c1ncccc1OC. The third-order valence-corrected chi connectivity index (χ3v) is 2.23. The van der Waals surface area contributed by atoms with Crippen molar-refractivity contribution in [2.75, 3.05) is 7.11 Å². The first-order chi connectivity index (χ1) is 7.24. The van der Waals surface area contributed by atoms with E-state index in [2.05, 4.69) is 4.98 Å². The number of ether oxygens (including phenoxy) is 1. The smallest absolute Gasteiger partial charge is 0.210 e. The van der Waals surface area contributed by atoms with E-state index in [9.17, 15) is 4.79 Å². The van der Waals surface area contributed by atoms with E-state index in [1.807, 2.05) is 19.9 Å². The predicted molar refractivity (Wildman–Crippen MR) is 59.2 cm³/mol. The van der Waals surface area contributed by atoms with Gasteiger partial charge >= 0.3 is 0 Å². The summed E-state index contributed by atoms with van der Waals surface area (Å²) in [5.74, 6) is 0.466. The monoisotopic (exact) mass is 205 g/mol. The summed E-state index contributed by atoms with van der Waals surface area (Å²) in [6.45, 7) is 3.80. The van der Waals surface area contributed by atoms with E-state index < -0.39 is 0 Å². The summed E-state index contributed by atoms with van der Waals surface area (Å²) >= 11 is 0. The lowest BCUT2D eigenvalue weighted by Crippen LogP contribution is -2.07. The average molecular weight is 205 g/mol. The maximum atomic E-state index is 12.0. The minimum atomic E-state index is -0.0579.